The molecule has 1 aromatic heterocycles. The molecule has 0 aliphatic rings. The minimum absolute atomic E-state index is 0.0584. The van der Waals surface area contributed by atoms with E-state index in [1.165, 1.54) is 10.8 Å². The number of rotatable bonds is 6. The monoisotopic (exact) mass is 286 g/mol. The Labute approximate surface area is 127 Å². The van der Waals surface area contributed by atoms with Gasteiger partial charge in [-0.25, -0.2) is 0 Å². The molecule has 4 nitrogen and oxygen atoms in total. The van der Waals surface area contributed by atoms with Crippen LogP contribution in [0.15, 0.2) is 24.3 Å². The number of aryl methyl sites for hydroxylation is 1. The zero-order chi connectivity index (χ0) is 15.5. The van der Waals surface area contributed by atoms with Gasteiger partial charge < -0.3 is 10.6 Å². The van der Waals surface area contributed by atoms with Crippen LogP contribution in [-0.2, 0) is 0 Å². The Morgan fingerprint density at radius 3 is 2.43 bits per heavy atom. The first-order chi connectivity index (χ1) is 9.98. The standard InChI is InChI=1S/C17H26N4/c1-5-10-21(12-17(3,4)11-18)16-15-9-7-6-8-14(15)13(2)19-20-16/h6-9H,5,10-12,18H2,1-4H3. The Bertz CT molecular complexity index is 607. The van der Waals surface area contributed by atoms with E-state index >= 15 is 0 Å². The minimum atomic E-state index is 0.0584. The van der Waals surface area contributed by atoms with Crippen LogP contribution in [0.5, 0.6) is 0 Å². The van der Waals surface area contributed by atoms with Crippen molar-refractivity contribution in [2.45, 2.75) is 34.1 Å². The summed E-state index contributed by atoms with van der Waals surface area (Å²) < 4.78 is 0. The van der Waals surface area contributed by atoms with Crippen molar-refractivity contribution in [2.75, 3.05) is 24.5 Å². The molecule has 2 rings (SSSR count). The van der Waals surface area contributed by atoms with Crippen LogP contribution in [0.3, 0.4) is 0 Å². The highest BCUT2D eigenvalue weighted by Crippen LogP contribution is 2.28. The fourth-order valence-corrected chi connectivity index (χ4v) is 2.57. The fourth-order valence-electron chi connectivity index (χ4n) is 2.57. The molecule has 4 heteroatoms. The lowest BCUT2D eigenvalue weighted by Crippen LogP contribution is -2.39. The van der Waals surface area contributed by atoms with Gasteiger partial charge in [-0.05, 0) is 25.3 Å². The summed E-state index contributed by atoms with van der Waals surface area (Å²) in [5.74, 6) is 0.972. The molecule has 0 radical (unpaired) electrons. The quantitative estimate of drug-likeness (QED) is 0.886. The maximum Gasteiger partial charge on any atom is 0.159 e. The summed E-state index contributed by atoms with van der Waals surface area (Å²) in [7, 11) is 0. The van der Waals surface area contributed by atoms with Crippen LogP contribution >= 0.6 is 0 Å². The maximum absolute atomic E-state index is 5.90. The molecule has 0 amide bonds. The normalized spacial score (nSPS) is 11.9. The molecule has 2 aromatic rings. The molecular formula is C17H26N4. The first-order valence-electron chi connectivity index (χ1n) is 7.65. The Kier molecular flexibility index (Phi) is 4.78. The lowest BCUT2D eigenvalue weighted by molar-refractivity contribution is 0.376. The predicted octanol–water partition coefficient (Wildman–Crippen LogP) is 3.14. The Morgan fingerprint density at radius 2 is 1.81 bits per heavy atom. The molecule has 114 valence electrons. The SMILES string of the molecule is CCCN(CC(C)(C)CN)c1nnc(C)c2ccccc12. The number of hydrogen-bond donors (Lipinski definition) is 1. The van der Waals surface area contributed by atoms with E-state index in [-0.39, 0.29) is 5.41 Å². The number of nitrogens with two attached hydrogens (primary N) is 1. The summed E-state index contributed by atoms with van der Waals surface area (Å²) in [4.78, 5) is 2.32. The third-order valence-corrected chi connectivity index (χ3v) is 3.82. The van der Waals surface area contributed by atoms with Gasteiger partial charge in [-0.1, -0.05) is 45.0 Å². The highest BCUT2D eigenvalue weighted by Gasteiger charge is 2.22. The number of nitrogens with zero attached hydrogens (tertiary/aromatic N) is 3. The van der Waals surface area contributed by atoms with Crippen molar-refractivity contribution < 1.29 is 0 Å². The predicted molar refractivity (Wildman–Crippen MR) is 89.6 cm³/mol. The molecule has 0 aliphatic heterocycles. The molecule has 21 heavy (non-hydrogen) atoms. The largest absolute Gasteiger partial charge is 0.354 e. The van der Waals surface area contributed by atoms with Crippen molar-refractivity contribution >= 4 is 16.6 Å². The average Bonchev–Trinajstić information content (AvgIpc) is 2.47. The second-order valence-corrected chi connectivity index (χ2v) is 6.44. The number of benzene rings is 1. The molecule has 0 spiro atoms. The molecule has 0 unspecified atom stereocenters. The van der Waals surface area contributed by atoms with Crippen LogP contribution in [0.2, 0.25) is 0 Å². The van der Waals surface area contributed by atoms with E-state index in [1.54, 1.807) is 0 Å². The van der Waals surface area contributed by atoms with Crippen LogP contribution in [0.4, 0.5) is 5.82 Å². The average molecular weight is 286 g/mol. The van der Waals surface area contributed by atoms with E-state index in [9.17, 15) is 0 Å². The minimum Gasteiger partial charge on any atom is -0.354 e. The van der Waals surface area contributed by atoms with Crippen molar-refractivity contribution in [2.24, 2.45) is 11.1 Å². The van der Waals surface area contributed by atoms with Gasteiger partial charge in [-0.2, -0.15) is 5.10 Å². The zero-order valence-corrected chi connectivity index (χ0v) is 13.6. The van der Waals surface area contributed by atoms with E-state index in [1.807, 2.05) is 6.92 Å². The maximum atomic E-state index is 5.90. The number of aromatic nitrogens is 2. The van der Waals surface area contributed by atoms with E-state index in [0.717, 1.165) is 31.0 Å². The van der Waals surface area contributed by atoms with E-state index < -0.39 is 0 Å². The molecule has 1 heterocycles. The van der Waals surface area contributed by atoms with Gasteiger partial charge in [0.05, 0.1) is 5.69 Å². The van der Waals surface area contributed by atoms with Crippen LogP contribution in [0.1, 0.15) is 32.9 Å². The number of anilines is 1. The van der Waals surface area contributed by atoms with Gasteiger partial charge in [-0.15, -0.1) is 5.10 Å². The molecule has 1 aromatic carbocycles. The topological polar surface area (TPSA) is 55.0 Å². The van der Waals surface area contributed by atoms with Gasteiger partial charge in [0.1, 0.15) is 0 Å². The summed E-state index contributed by atoms with van der Waals surface area (Å²) in [6.07, 6.45) is 1.07. The molecule has 0 saturated heterocycles. The third-order valence-electron chi connectivity index (χ3n) is 3.82. The van der Waals surface area contributed by atoms with E-state index in [4.69, 9.17) is 5.73 Å². The van der Waals surface area contributed by atoms with Crippen LogP contribution in [0.25, 0.3) is 10.8 Å². The highest BCUT2D eigenvalue weighted by atomic mass is 15.3. The van der Waals surface area contributed by atoms with Crippen LogP contribution in [-0.4, -0.2) is 29.8 Å². The van der Waals surface area contributed by atoms with E-state index in [0.29, 0.717) is 6.54 Å². The molecule has 0 fully saturated rings. The summed E-state index contributed by atoms with van der Waals surface area (Å²) in [6.45, 7) is 11.1. The van der Waals surface area contributed by atoms with Gasteiger partial charge >= 0.3 is 0 Å². The first kappa shape index (κ1) is 15.7. The molecule has 0 saturated carbocycles. The van der Waals surface area contributed by atoms with Crippen molar-refractivity contribution in [1.82, 2.24) is 10.2 Å². The van der Waals surface area contributed by atoms with Gasteiger partial charge in [0, 0.05) is 23.9 Å². The van der Waals surface area contributed by atoms with Crippen LogP contribution in [0, 0.1) is 12.3 Å². The number of hydrogen-bond acceptors (Lipinski definition) is 4. The molecule has 0 atom stereocenters. The number of fused-ring (bicyclic) bond motifs is 1. The second-order valence-electron chi connectivity index (χ2n) is 6.44. The molecule has 0 aliphatic carbocycles. The summed E-state index contributed by atoms with van der Waals surface area (Å²) >= 11 is 0. The lowest BCUT2D eigenvalue weighted by atomic mass is 9.93. The Balaban J connectivity index is 2.48. The molecule has 0 bridgehead atoms. The van der Waals surface area contributed by atoms with Crippen LogP contribution < -0.4 is 10.6 Å². The Hall–Kier alpha value is -1.68. The lowest BCUT2D eigenvalue weighted by Gasteiger charge is -2.32. The van der Waals surface area contributed by atoms with Crippen molar-refractivity contribution in [3.05, 3.63) is 30.0 Å². The van der Waals surface area contributed by atoms with Gasteiger partial charge in [-0.3, -0.25) is 0 Å². The van der Waals surface area contributed by atoms with Gasteiger partial charge in [0.15, 0.2) is 5.82 Å². The zero-order valence-electron chi connectivity index (χ0n) is 13.6. The first-order valence-corrected chi connectivity index (χ1v) is 7.65. The molecular weight excluding hydrogens is 260 g/mol. The summed E-state index contributed by atoms with van der Waals surface area (Å²) in [5.41, 5.74) is 6.94. The second kappa shape index (κ2) is 6.39. The summed E-state index contributed by atoms with van der Waals surface area (Å²) in [5, 5.41) is 11.2. The van der Waals surface area contributed by atoms with Crippen molar-refractivity contribution in [3.8, 4) is 0 Å². The Morgan fingerprint density at radius 1 is 1.14 bits per heavy atom. The fraction of sp³-hybridized carbons (Fsp3) is 0.529. The van der Waals surface area contributed by atoms with Gasteiger partial charge in [0.25, 0.3) is 0 Å². The third kappa shape index (κ3) is 3.50. The molecule has 2 N–H and O–H groups in total. The van der Waals surface area contributed by atoms with Gasteiger partial charge in [0.2, 0.25) is 0 Å². The van der Waals surface area contributed by atoms with Crippen molar-refractivity contribution in [1.29, 1.82) is 0 Å². The highest BCUT2D eigenvalue weighted by molar-refractivity contribution is 5.93. The van der Waals surface area contributed by atoms with Crippen molar-refractivity contribution in [3.63, 3.8) is 0 Å². The summed E-state index contributed by atoms with van der Waals surface area (Å²) in [6, 6.07) is 8.35. The van der Waals surface area contributed by atoms with E-state index in [2.05, 4.69) is 60.1 Å². The smallest absolute Gasteiger partial charge is 0.159 e.